The standard InChI is InChI=1S/C25H28N6O4S2/c1-3-18-16-28-31-22(27-15-17-5-4-9-26-14-17)13-20(29-24(18)31)19-6-10-30(11-7-19)37(33,34)21-8-12-36-23(21)25(32)35-2/h3-5,9,13-14,16,19,27H,1,6-8,10-12,15H2,2H3. The quantitative estimate of drug-likeness (QED) is 0.429. The number of anilines is 1. The van der Waals surface area contributed by atoms with Crippen LogP contribution in [0.15, 0.2) is 53.2 Å². The molecule has 0 aliphatic carbocycles. The van der Waals surface area contributed by atoms with Crippen LogP contribution < -0.4 is 5.32 Å². The van der Waals surface area contributed by atoms with E-state index < -0.39 is 16.0 Å². The Labute approximate surface area is 219 Å². The zero-order chi connectivity index (χ0) is 26.0. The molecule has 1 N–H and O–H groups in total. The van der Waals surface area contributed by atoms with Crippen LogP contribution in [-0.2, 0) is 26.1 Å². The molecular formula is C25H28N6O4S2. The van der Waals surface area contributed by atoms with E-state index in [9.17, 15) is 13.2 Å². The summed E-state index contributed by atoms with van der Waals surface area (Å²) in [6.45, 7) is 5.17. The maximum atomic E-state index is 13.4. The van der Waals surface area contributed by atoms with Gasteiger partial charge in [-0.25, -0.2) is 18.2 Å². The van der Waals surface area contributed by atoms with Gasteiger partial charge in [-0.1, -0.05) is 18.7 Å². The molecule has 5 rings (SSSR count). The lowest BCUT2D eigenvalue weighted by Gasteiger charge is -2.31. The Balaban J connectivity index is 1.37. The maximum Gasteiger partial charge on any atom is 0.345 e. The van der Waals surface area contributed by atoms with Crippen LogP contribution in [0, 0.1) is 0 Å². The molecule has 0 saturated carbocycles. The Morgan fingerprint density at radius 2 is 2.14 bits per heavy atom. The maximum absolute atomic E-state index is 13.4. The summed E-state index contributed by atoms with van der Waals surface area (Å²) in [5.41, 5.74) is 3.45. The highest BCUT2D eigenvalue weighted by atomic mass is 32.2. The van der Waals surface area contributed by atoms with Crippen LogP contribution in [0.3, 0.4) is 0 Å². The average molecular weight is 541 g/mol. The monoisotopic (exact) mass is 540 g/mol. The van der Waals surface area contributed by atoms with Crippen molar-refractivity contribution in [1.82, 2.24) is 23.9 Å². The van der Waals surface area contributed by atoms with Gasteiger partial charge in [-0.2, -0.15) is 13.9 Å². The molecule has 2 aliphatic rings. The number of esters is 1. The van der Waals surface area contributed by atoms with Crippen molar-refractivity contribution >= 4 is 45.3 Å². The van der Waals surface area contributed by atoms with Gasteiger partial charge in [0.25, 0.3) is 0 Å². The number of allylic oxidation sites excluding steroid dienone is 1. The molecule has 5 heterocycles. The Hall–Kier alpha value is -3.22. The number of piperidine rings is 1. The molecule has 0 spiro atoms. The van der Waals surface area contributed by atoms with E-state index in [1.54, 1.807) is 23.0 Å². The number of carbonyl (C=O) groups excluding carboxylic acids is 1. The number of rotatable bonds is 8. The van der Waals surface area contributed by atoms with Crippen molar-refractivity contribution in [2.45, 2.75) is 31.7 Å². The van der Waals surface area contributed by atoms with E-state index in [2.05, 4.69) is 22.0 Å². The fraction of sp³-hybridized carbons (Fsp3) is 0.360. The molecule has 1 saturated heterocycles. The summed E-state index contributed by atoms with van der Waals surface area (Å²) in [7, 11) is -2.46. The number of thioether (sulfide) groups is 1. The molecule has 0 radical (unpaired) electrons. The van der Waals surface area contributed by atoms with E-state index in [1.807, 2.05) is 24.4 Å². The first-order valence-electron chi connectivity index (χ1n) is 12.0. The number of aromatic nitrogens is 4. The Bertz CT molecular complexity index is 1460. The minimum absolute atomic E-state index is 0.0787. The number of sulfonamides is 1. The Morgan fingerprint density at radius 1 is 1.32 bits per heavy atom. The molecule has 3 aromatic heterocycles. The Kier molecular flexibility index (Phi) is 7.31. The van der Waals surface area contributed by atoms with Gasteiger partial charge in [0.1, 0.15) is 10.7 Å². The number of pyridine rings is 1. The number of ether oxygens (including phenoxy) is 1. The summed E-state index contributed by atoms with van der Waals surface area (Å²) in [5, 5.41) is 7.92. The second-order valence-electron chi connectivity index (χ2n) is 8.84. The molecule has 1 fully saturated rings. The molecule has 2 aliphatic heterocycles. The number of hydrogen-bond donors (Lipinski definition) is 1. The molecule has 12 heteroatoms. The Morgan fingerprint density at radius 3 is 2.84 bits per heavy atom. The topological polar surface area (TPSA) is 119 Å². The number of nitrogens with zero attached hydrogens (tertiary/aromatic N) is 5. The summed E-state index contributed by atoms with van der Waals surface area (Å²) in [4.78, 5) is 21.5. The fourth-order valence-corrected chi connectivity index (χ4v) is 7.95. The van der Waals surface area contributed by atoms with Gasteiger partial charge >= 0.3 is 5.97 Å². The molecule has 0 atom stereocenters. The molecule has 0 aromatic carbocycles. The van der Waals surface area contributed by atoms with Crippen LogP contribution in [0.2, 0.25) is 0 Å². The first kappa shape index (κ1) is 25.4. The number of nitrogens with one attached hydrogen (secondary N) is 1. The van der Waals surface area contributed by atoms with Crippen LogP contribution in [0.25, 0.3) is 11.7 Å². The first-order valence-corrected chi connectivity index (χ1v) is 14.4. The summed E-state index contributed by atoms with van der Waals surface area (Å²) >= 11 is 1.24. The van der Waals surface area contributed by atoms with Crippen molar-refractivity contribution in [3.05, 3.63) is 70.0 Å². The first-order chi connectivity index (χ1) is 17.9. The van der Waals surface area contributed by atoms with Crippen molar-refractivity contribution in [2.24, 2.45) is 0 Å². The van der Waals surface area contributed by atoms with E-state index in [1.165, 1.54) is 23.2 Å². The van der Waals surface area contributed by atoms with Gasteiger partial charge in [0, 0.05) is 61.0 Å². The average Bonchev–Trinajstić information content (AvgIpc) is 3.60. The molecule has 10 nitrogen and oxygen atoms in total. The second-order valence-corrected chi connectivity index (χ2v) is 11.9. The van der Waals surface area contributed by atoms with Crippen molar-refractivity contribution in [3.8, 4) is 0 Å². The second kappa shape index (κ2) is 10.6. The zero-order valence-electron chi connectivity index (χ0n) is 20.5. The van der Waals surface area contributed by atoms with Gasteiger partial charge in [0.15, 0.2) is 5.65 Å². The summed E-state index contributed by atoms with van der Waals surface area (Å²) in [6.07, 6.45) is 8.59. The highest BCUT2D eigenvalue weighted by Crippen LogP contribution is 2.39. The lowest BCUT2D eigenvalue weighted by atomic mass is 9.94. The predicted molar refractivity (Wildman–Crippen MR) is 143 cm³/mol. The molecular weight excluding hydrogens is 512 g/mol. The SMILES string of the molecule is C=Cc1cnn2c(NCc3cccnc3)cc(C3CCN(S(=O)(=O)C4=C(C(=O)OC)SCC4)CC3)nc12. The third kappa shape index (κ3) is 5.00. The minimum Gasteiger partial charge on any atom is -0.465 e. The zero-order valence-corrected chi connectivity index (χ0v) is 22.1. The smallest absolute Gasteiger partial charge is 0.345 e. The molecule has 37 heavy (non-hydrogen) atoms. The largest absolute Gasteiger partial charge is 0.465 e. The summed E-state index contributed by atoms with van der Waals surface area (Å²) in [6, 6.07) is 5.88. The van der Waals surface area contributed by atoms with Gasteiger partial charge in [0.05, 0.1) is 18.2 Å². The van der Waals surface area contributed by atoms with Crippen molar-refractivity contribution in [1.29, 1.82) is 0 Å². The lowest BCUT2D eigenvalue weighted by molar-refractivity contribution is -0.135. The molecule has 194 valence electrons. The van der Waals surface area contributed by atoms with Crippen LogP contribution in [0.4, 0.5) is 5.82 Å². The van der Waals surface area contributed by atoms with E-state index in [0.29, 0.717) is 50.3 Å². The molecule has 0 bridgehead atoms. The third-order valence-corrected chi connectivity index (χ3v) is 9.97. The number of carbonyl (C=O) groups is 1. The van der Waals surface area contributed by atoms with Gasteiger partial charge in [-0.15, -0.1) is 11.8 Å². The van der Waals surface area contributed by atoms with E-state index in [-0.39, 0.29) is 15.7 Å². The van der Waals surface area contributed by atoms with Gasteiger partial charge in [-0.05, 0) is 30.9 Å². The number of fused-ring (bicyclic) bond motifs is 1. The number of methoxy groups -OCH3 is 1. The van der Waals surface area contributed by atoms with E-state index in [0.717, 1.165) is 22.6 Å². The van der Waals surface area contributed by atoms with Gasteiger partial charge in [0.2, 0.25) is 10.0 Å². The highest BCUT2D eigenvalue weighted by Gasteiger charge is 2.37. The van der Waals surface area contributed by atoms with Crippen LogP contribution >= 0.6 is 11.8 Å². The van der Waals surface area contributed by atoms with E-state index >= 15 is 0 Å². The number of hydrogen-bond acceptors (Lipinski definition) is 9. The van der Waals surface area contributed by atoms with Crippen LogP contribution in [-0.4, -0.2) is 64.2 Å². The minimum atomic E-state index is -3.73. The summed E-state index contributed by atoms with van der Waals surface area (Å²) in [5.74, 6) is 0.849. The third-order valence-electron chi connectivity index (χ3n) is 6.66. The van der Waals surface area contributed by atoms with Crippen LogP contribution in [0.1, 0.15) is 42.0 Å². The van der Waals surface area contributed by atoms with Crippen molar-refractivity contribution in [2.75, 3.05) is 31.3 Å². The van der Waals surface area contributed by atoms with Gasteiger partial charge < -0.3 is 10.1 Å². The lowest BCUT2D eigenvalue weighted by Crippen LogP contribution is -2.39. The highest BCUT2D eigenvalue weighted by molar-refractivity contribution is 8.05. The van der Waals surface area contributed by atoms with Gasteiger partial charge in [-0.3, -0.25) is 4.98 Å². The fourth-order valence-electron chi connectivity index (χ4n) is 4.67. The van der Waals surface area contributed by atoms with Crippen molar-refractivity contribution in [3.63, 3.8) is 0 Å². The normalized spacial score (nSPS) is 17.3. The predicted octanol–water partition coefficient (Wildman–Crippen LogP) is 3.41. The van der Waals surface area contributed by atoms with E-state index in [4.69, 9.17) is 9.72 Å². The molecule has 3 aromatic rings. The van der Waals surface area contributed by atoms with Crippen molar-refractivity contribution < 1.29 is 17.9 Å². The summed E-state index contributed by atoms with van der Waals surface area (Å²) < 4.78 is 34.7. The van der Waals surface area contributed by atoms with Crippen LogP contribution in [0.5, 0.6) is 0 Å². The molecule has 0 amide bonds. The molecule has 0 unspecified atom stereocenters.